The molecule has 1 saturated heterocycles. The molecule has 0 aliphatic carbocycles. The van der Waals surface area contributed by atoms with Crippen LogP contribution in [-0.2, 0) is 6.42 Å². The number of hydrogen-bond donors (Lipinski definition) is 2. The van der Waals surface area contributed by atoms with Gasteiger partial charge in [0, 0.05) is 44.7 Å². The van der Waals surface area contributed by atoms with Crippen molar-refractivity contribution in [3.05, 3.63) is 64.9 Å². The average molecular weight is 456 g/mol. The Balaban J connectivity index is 1.20. The van der Waals surface area contributed by atoms with Crippen LogP contribution in [-0.4, -0.2) is 61.3 Å². The van der Waals surface area contributed by atoms with Crippen molar-refractivity contribution in [3.63, 3.8) is 0 Å². The van der Waals surface area contributed by atoms with Gasteiger partial charge in [0.1, 0.15) is 5.58 Å². The van der Waals surface area contributed by atoms with Gasteiger partial charge in [-0.15, -0.1) is 0 Å². The maximum atomic E-state index is 12.3. The number of hydrogen-bond acceptors (Lipinski definition) is 5. The Labute approximate surface area is 193 Å². The van der Waals surface area contributed by atoms with Gasteiger partial charge in [-0.2, -0.15) is 0 Å². The molecular formula is C25H30ClN3O3. The van der Waals surface area contributed by atoms with Crippen LogP contribution in [0.4, 0.5) is 5.69 Å². The number of benzene rings is 2. The molecule has 0 bridgehead atoms. The van der Waals surface area contributed by atoms with Crippen LogP contribution >= 0.6 is 11.6 Å². The number of aryl methyl sites for hydroxylation is 1. The molecule has 1 aliphatic heterocycles. The van der Waals surface area contributed by atoms with Gasteiger partial charge in [0.25, 0.3) is 5.91 Å². The summed E-state index contributed by atoms with van der Waals surface area (Å²) in [6.45, 7) is 6.60. The van der Waals surface area contributed by atoms with E-state index in [0.717, 1.165) is 48.7 Å². The normalized spacial score (nSPS) is 15.8. The third-order valence-electron chi connectivity index (χ3n) is 6.03. The first-order valence-electron chi connectivity index (χ1n) is 11.2. The van der Waals surface area contributed by atoms with Gasteiger partial charge < -0.3 is 19.7 Å². The number of aliphatic hydroxyl groups is 1. The van der Waals surface area contributed by atoms with E-state index in [2.05, 4.69) is 40.2 Å². The summed E-state index contributed by atoms with van der Waals surface area (Å²) in [4.78, 5) is 16.9. The molecule has 2 N–H and O–H groups in total. The maximum absolute atomic E-state index is 12.3. The number of para-hydroxylation sites is 1. The number of nitrogens with one attached hydrogen (secondary N) is 1. The number of fused-ring (bicyclic) bond motifs is 1. The molecule has 0 radical (unpaired) electrons. The van der Waals surface area contributed by atoms with Crippen LogP contribution in [0.2, 0.25) is 5.02 Å². The number of piperazine rings is 1. The van der Waals surface area contributed by atoms with Gasteiger partial charge in [0.05, 0.1) is 16.8 Å². The monoisotopic (exact) mass is 455 g/mol. The minimum Gasteiger partial charge on any atom is -0.451 e. The van der Waals surface area contributed by atoms with Crippen LogP contribution in [0.15, 0.2) is 52.9 Å². The van der Waals surface area contributed by atoms with Crippen LogP contribution in [0.1, 0.15) is 29.5 Å². The highest BCUT2D eigenvalue weighted by atomic mass is 35.5. The van der Waals surface area contributed by atoms with Crippen molar-refractivity contribution in [3.8, 4) is 0 Å². The Morgan fingerprint density at radius 2 is 1.94 bits per heavy atom. The second-order valence-corrected chi connectivity index (χ2v) is 8.62. The number of furan rings is 1. The van der Waals surface area contributed by atoms with E-state index in [-0.39, 0.29) is 5.91 Å². The van der Waals surface area contributed by atoms with Crippen molar-refractivity contribution >= 4 is 34.2 Å². The number of carbonyl (C=O) groups excluding carboxylic acids is 1. The maximum Gasteiger partial charge on any atom is 0.287 e. The van der Waals surface area contributed by atoms with Crippen molar-refractivity contribution in [2.24, 2.45) is 0 Å². The number of anilines is 1. The lowest BCUT2D eigenvalue weighted by atomic mass is 10.1. The zero-order chi connectivity index (χ0) is 22.5. The largest absolute Gasteiger partial charge is 0.451 e. The number of amides is 1. The molecule has 0 spiro atoms. The summed E-state index contributed by atoms with van der Waals surface area (Å²) in [7, 11) is 0. The summed E-state index contributed by atoms with van der Waals surface area (Å²) < 4.78 is 5.58. The molecule has 1 fully saturated rings. The van der Waals surface area contributed by atoms with E-state index in [1.165, 1.54) is 5.56 Å². The molecule has 4 rings (SSSR count). The van der Waals surface area contributed by atoms with Gasteiger partial charge in [-0.3, -0.25) is 9.69 Å². The highest BCUT2D eigenvalue weighted by molar-refractivity contribution is 6.34. The summed E-state index contributed by atoms with van der Waals surface area (Å²) in [5.74, 6) is 0.0378. The lowest BCUT2D eigenvalue weighted by Crippen LogP contribution is -2.49. The van der Waals surface area contributed by atoms with E-state index in [0.29, 0.717) is 30.9 Å². The zero-order valence-corrected chi connectivity index (χ0v) is 19.1. The van der Waals surface area contributed by atoms with Gasteiger partial charge in [-0.1, -0.05) is 48.9 Å². The molecule has 6 nitrogen and oxygen atoms in total. The fourth-order valence-electron chi connectivity index (χ4n) is 4.18. The third-order valence-corrected chi connectivity index (χ3v) is 6.47. The molecule has 1 unspecified atom stereocenters. The Hall–Kier alpha value is -2.54. The van der Waals surface area contributed by atoms with Crippen molar-refractivity contribution in [1.29, 1.82) is 0 Å². The van der Waals surface area contributed by atoms with E-state index in [1.807, 2.05) is 24.3 Å². The first-order chi connectivity index (χ1) is 15.5. The van der Waals surface area contributed by atoms with Gasteiger partial charge in [0.15, 0.2) is 5.76 Å². The van der Waals surface area contributed by atoms with Crippen LogP contribution in [0, 0.1) is 0 Å². The number of nitrogens with zero attached hydrogens (tertiary/aromatic N) is 2. The number of β-amino-alcohol motifs (C(OH)–C–C–N with tert-alkyl or cyclic N) is 1. The van der Waals surface area contributed by atoms with Crippen LogP contribution in [0.25, 0.3) is 11.0 Å². The highest BCUT2D eigenvalue weighted by Crippen LogP contribution is 2.30. The summed E-state index contributed by atoms with van der Waals surface area (Å²) in [5, 5.41) is 15.0. The summed E-state index contributed by atoms with van der Waals surface area (Å²) in [6, 6.07) is 15.5. The average Bonchev–Trinajstić information content (AvgIpc) is 3.24. The Morgan fingerprint density at radius 1 is 1.16 bits per heavy atom. The van der Waals surface area contributed by atoms with Crippen molar-refractivity contribution in [2.45, 2.75) is 25.9 Å². The smallest absolute Gasteiger partial charge is 0.287 e. The topological polar surface area (TPSA) is 69.0 Å². The Morgan fingerprint density at radius 3 is 2.69 bits per heavy atom. The molecule has 1 aromatic heterocycles. The second-order valence-electron chi connectivity index (χ2n) is 8.24. The predicted molar refractivity (Wildman–Crippen MR) is 129 cm³/mol. The number of aliphatic hydroxyl groups excluding tert-OH is 1. The standard InChI is InChI=1S/C25H30ClN3O3/c1-2-18-7-5-8-21(24(18)26)29-14-12-28(13-15-29)17-20(30)10-11-27-25(31)23-16-19-6-3-4-9-22(19)32-23/h3-9,16,20,30H,2,10-15,17H2,1H3,(H,27,31). The predicted octanol–water partition coefficient (Wildman–Crippen LogP) is 3.95. The quantitative estimate of drug-likeness (QED) is 0.538. The third kappa shape index (κ3) is 5.26. The van der Waals surface area contributed by atoms with Gasteiger partial charge in [-0.05, 0) is 36.6 Å². The minimum atomic E-state index is -0.496. The fraction of sp³-hybridized carbons (Fsp3) is 0.400. The van der Waals surface area contributed by atoms with Gasteiger partial charge in [-0.25, -0.2) is 0 Å². The summed E-state index contributed by atoms with van der Waals surface area (Å²) in [5.41, 5.74) is 2.96. The molecule has 170 valence electrons. The molecule has 1 amide bonds. The van der Waals surface area contributed by atoms with Crippen LogP contribution < -0.4 is 10.2 Å². The molecule has 32 heavy (non-hydrogen) atoms. The molecule has 0 saturated carbocycles. The molecule has 3 aromatic rings. The molecule has 7 heteroatoms. The van der Waals surface area contributed by atoms with Crippen LogP contribution in [0.5, 0.6) is 0 Å². The second kappa shape index (κ2) is 10.4. The molecular weight excluding hydrogens is 426 g/mol. The molecule has 2 heterocycles. The number of rotatable bonds is 8. The van der Waals surface area contributed by atoms with Crippen molar-refractivity contribution < 1.29 is 14.3 Å². The van der Waals surface area contributed by atoms with Gasteiger partial charge >= 0.3 is 0 Å². The lowest BCUT2D eigenvalue weighted by molar-refractivity contribution is 0.0883. The fourth-order valence-corrected chi connectivity index (χ4v) is 4.56. The van der Waals surface area contributed by atoms with Gasteiger partial charge in [0.2, 0.25) is 0 Å². The molecule has 2 aromatic carbocycles. The number of carbonyl (C=O) groups is 1. The Kier molecular flexibility index (Phi) is 7.35. The van der Waals surface area contributed by atoms with E-state index < -0.39 is 6.10 Å². The Bertz CT molecular complexity index is 1030. The van der Waals surface area contributed by atoms with E-state index in [9.17, 15) is 9.90 Å². The lowest BCUT2D eigenvalue weighted by Gasteiger charge is -2.37. The first kappa shape index (κ1) is 22.6. The molecule has 1 atom stereocenters. The number of halogens is 1. The minimum absolute atomic E-state index is 0.256. The summed E-state index contributed by atoms with van der Waals surface area (Å²) in [6.07, 6.45) is 0.923. The first-order valence-corrected chi connectivity index (χ1v) is 11.6. The van der Waals surface area contributed by atoms with Crippen LogP contribution in [0.3, 0.4) is 0 Å². The highest BCUT2D eigenvalue weighted by Gasteiger charge is 2.21. The van der Waals surface area contributed by atoms with E-state index >= 15 is 0 Å². The zero-order valence-electron chi connectivity index (χ0n) is 18.4. The van der Waals surface area contributed by atoms with Crippen molar-refractivity contribution in [2.75, 3.05) is 44.2 Å². The van der Waals surface area contributed by atoms with E-state index in [1.54, 1.807) is 6.07 Å². The SMILES string of the molecule is CCc1cccc(N2CCN(CC(O)CCNC(=O)c3cc4ccccc4o3)CC2)c1Cl. The summed E-state index contributed by atoms with van der Waals surface area (Å²) >= 11 is 6.58. The van der Waals surface area contributed by atoms with Crippen molar-refractivity contribution in [1.82, 2.24) is 10.2 Å². The van der Waals surface area contributed by atoms with E-state index in [4.69, 9.17) is 16.0 Å². The molecule has 1 aliphatic rings.